The summed E-state index contributed by atoms with van der Waals surface area (Å²) in [5, 5.41) is 22.1. The molecule has 5 aliphatic rings. The van der Waals surface area contributed by atoms with Gasteiger partial charge in [-0.05, 0) is 79.6 Å². The first-order chi connectivity index (χ1) is 15.4. The molecule has 1 heterocycles. The first-order valence-corrected chi connectivity index (χ1v) is 13.2. The van der Waals surface area contributed by atoms with Crippen molar-refractivity contribution in [2.75, 3.05) is 6.61 Å². The van der Waals surface area contributed by atoms with E-state index in [1.165, 1.54) is 18.9 Å². The second kappa shape index (κ2) is 7.54. The molecule has 3 saturated carbocycles. The van der Waals surface area contributed by atoms with Crippen molar-refractivity contribution >= 4 is 5.97 Å². The SMILES string of the molecule is CC(=O)OC1CC2C(C)(CCC3C(C)(C)CCCC32CO)C2CC=C3C(C)OC(O)C3C12C. The van der Waals surface area contributed by atoms with Gasteiger partial charge in [-0.15, -0.1) is 0 Å². The van der Waals surface area contributed by atoms with Crippen LogP contribution >= 0.6 is 0 Å². The zero-order valence-corrected chi connectivity index (χ0v) is 21.4. The first-order valence-electron chi connectivity index (χ1n) is 13.2. The standard InChI is InChI=1S/C28H44O5/c1-16-18-8-9-20-26(5)13-10-19-25(3,4)11-7-12-28(19,15-29)21(26)14-22(33-17(2)30)27(20,6)23(18)24(31)32-16/h8,16,19-24,29,31H,7,9-15H2,1-6H3. The van der Waals surface area contributed by atoms with Gasteiger partial charge in [0.15, 0.2) is 6.29 Å². The van der Waals surface area contributed by atoms with Gasteiger partial charge in [-0.1, -0.05) is 40.2 Å². The molecule has 0 aromatic rings. The van der Waals surface area contributed by atoms with Crippen LogP contribution in [-0.4, -0.2) is 41.3 Å². The van der Waals surface area contributed by atoms with Crippen molar-refractivity contribution in [2.24, 2.45) is 45.3 Å². The number of rotatable bonds is 2. The van der Waals surface area contributed by atoms with Crippen LogP contribution in [0.2, 0.25) is 0 Å². The summed E-state index contributed by atoms with van der Waals surface area (Å²) in [5.74, 6) is 0.635. The normalized spacial score (nSPS) is 52.6. The van der Waals surface area contributed by atoms with Crippen LogP contribution in [0.5, 0.6) is 0 Å². The summed E-state index contributed by atoms with van der Waals surface area (Å²) in [7, 11) is 0. The fourth-order valence-corrected chi connectivity index (χ4v) is 10.3. The van der Waals surface area contributed by atoms with Crippen molar-refractivity contribution < 1.29 is 24.5 Å². The maximum absolute atomic E-state index is 12.4. The summed E-state index contributed by atoms with van der Waals surface area (Å²) in [5.41, 5.74) is 0.885. The molecule has 5 nitrogen and oxygen atoms in total. The Kier molecular flexibility index (Phi) is 5.44. The molecule has 5 rings (SSSR count). The van der Waals surface area contributed by atoms with Gasteiger partial charge in [0.25, 0.3) is 0 Å². The van der Waals surface area contributed by atoms with Gasteiger partial charge in [-0.25, -0.2) is 0 Å². The third-order valence-electron chi connectivity index (χ3n) is 11.6. The minimum Gasteiger partial charge on any atom is -0.462 e. The molecule has 0 radical (unpaired) electrons. The van der Waals surface area contributed by atoms with E-state index in [-0.39, 0.29) is 52.9 Å². The Morgan fingerprint density at radius 2 is 1.88 bits per heavy atom. The largest absolute Gasteiger partial charge is 0.462 e. The van der Waals surface area contributed by atoms with Crippen molar-refractivity contribution in [1.82, 2.24) is 0 Å². The quantitative estimate of drug-likeness (QED) is 0.455. The van der Waals surface area contributed by atoms with Gasteiger partial charge >= 0.3 is 5.97 Å². The lowest BCUT2D eigenvalue weighted by molar-refractivity contribution is -0.262. The molecule has 0 amide bonds. The Balaban J connectivity index is 1.65. The van der Waals surface area contributed by atoms with Crippen LogP contribution in [-0.2, 0) is 14.3 Å². The Morgan fingerprint density at radius 3 is 2.55 bits per heavy atom. The number of hydrogen-bond acceptors (Lipinski definition) is 5. The van der Waals surface area contributed by atoms with Crippen LogP contribution in [0.3, 0.4) is 0 Å². The van der Waals surface area contributed by atoms with E-state index in [0.717, 1.165) is 38.5 Å². The van der Waals surface area contributed by atoms with Gasteiger partial charge in [0.1, 0.15) is 6.10 Å². The van der Waals surface area contributed by atoms with E-state index in [1.807, 2.05) is 6.92 Å². The average molecular weight is 461 g/mol. The highest BCUT2D eigenvalue weighted by molar-refractivity contribution is 5.66. The molecular formula is C28H44O5. The second-order valence-electron chi connectivity index (χ2n) is 13.2. The number of aliphatic hydroxyl groups excluding tert-OH is 2. The molecule has 0 bridgehead atoms. The summed E-state index contributed by atoms with van der Waals surface area (Å²) in [6, 6.07) is 0. The monoisotopic (exact) mass is 460 g/mol. The second-order valence-corrected chi connectivity index (χ2v) is 13.2. The first kappa shape index (κ1) is 23.8. The number of ether oxygens (including phenoxy) is 2. The highest BCUT2D eigenvalue weighted by Gasteiger charge is 2.71. The topological polar surface area (TPSA) is 76.0 Å². The molecule has 186 valence electrons. The van der Waals surface area contributed by atoms with Gasteiger partial charge in [0.05, 0.1) is 6.10 Å². The minimum atomic E-state index is -0.867. The molecule has 0 aromatic heterocycles. The van der Waals surface area contributed by atoms with Crippen molar-refractivity contribution in [3.63, 3.8) is 0 Å². The highest BCUT2D eigenvalue weighted by Crippen LogP contribution is 2.74. The molecule has 10 unspecified atom stereocenters. The van der Waals surface area contributed by atoms with Crippen molar-refractivity contribution in [2.45, 2.75) is 105 Å². The van der Waals surface area contributed by atoms with E-state index in [9.17, 15) is 15.0 Å². The fourth-order valence-electron chi connectivity index (χ4n) is 10.3. The number of carbonyl (C=O) groups excluding carboxylic acids is 1. The third kappa shape index (κ3) is 3.04. The molecule has 0 spiro atoms. The van der Waals surface area contributed by atoms with Crippen LogP contribution in [0.4, 0.5) is 0 Å². The lowest BCUT2D eigenvalue weighted by atomic mass is 9.34. The summed E-state index contributed by atoms with van der Waals surface area (Å²) in [4.78, 5) is 12.4. The van der Waals surface area contributed by atoms with Crippen molar-refractivity contribution in [1.29, 1.82) is 0 Å². The third-order valence-corrected chi connectivity index (χ3v) is 11.6. The van der Waals surface area contributed by atoms with E-state index in [1.54, 1.807) is 0 Å². The predicted octanol–water partition coefficient (Wildman–Crippen LogP) is 4.85. The van der Waals surface area contributed by atoms with E-state index >= 15 is 0 Å². The van der Waals surface area contributed by atoms with E-state index in [4.69, 9.17) is 9.47 Å². The number of fused-ring (bicyclic) bond motifs is 7. The van der Waals surface area contributed by atoms with Gasteiger partial charge < -0.3 is 19.7 Å². The zero-order chi connectivity index (χ0) is 24.0. The average Bonchev–Trinajstić information content (AvgIpc) is 3.02. The molecule has 4 aliphatic carbocycles. The van der Waals surface area contributed by atoms with Gasteiger partial charge in [-0.3, -0.25) is 4.79 Å². The minimum absolute atomic E-state index is 0.0195. The smallest absolute Gasteiger partial charge is 0.302 e. The Hall–Kier alpha value is -0.910. The Morgan fingerprint density at radius 1 is 1.15 bits per heavy atom. The fraction of sp³-hybridized carbons (Fsp3) is 0.893. The highest BCUT2D eigenvalue weighted by atomic mass is 16.6. The molecule has 1 aliphatic heterocycles. The molecule has 4 fully saturated rings. The maximum Gasteiger partial charge on any atom is 0.302 e. The maximum atomic E-state index is 12.4. The number of allylic oxidation sites excluding steroid dienone is 1. The predicted molar refractivity (Wildman–Crippen MR) is 126 cm³/mol. The summed E-state index contributed by atoms with van der Waals surface area (Å²) in [6.07, 6.45) is 8.43. The van der Waals surface area contributed by atoms with Crippen LogP contribution in [0, 0.1) is 45.3 Å². The van der Waals surface area contributed by atoms with Gasteiger partial charge in [0.2, 0.25) is 0 Å². The number of hydrogen-bond donors (Lipinski definition) is 2. The number of esters is 1. The molecule has 2 N–H and O–H groups in total. The van der Waals surface area contributed by atoms with Crippen LogP contribution < -0.4 is 0 Å². The van der Waals surface area contributed by atoms with Crippen LogP contribution in [0.1, 0.15) is 86.5 Å². The van der Waals surface area contributed by atoms with Crippen LogP contribution in [0.15, 0.2) is 11.6 Å². The number of carbonyl (C=O) groups is 1. The summed E-state index contributed by atoms with van der Waals surface area (Å²) < 4.78 is 12.1. The zero-order valence-electron chi connectivity index (χ0n) is 21.4. The molecule has 33 heavy (non-hydrogen) atoms. The summed E-state index contributed by atoms with van der Waals surface area (Å²) >= 11 is 0. The van der Waals surface area contributed by atoms with Crippen LogP contribution in [0.25, 0.3) is 0 Å². The lowest BCUT2D eigenvalue weighted by Gasteiger charge is -2.71. The van der Waals surface area contributed by atoms with E-state index in [0.29, 0.717) is 11.8 Å². The Bertz CT molecular complexity index is 849. The van der Waals surface area contributed by atoms with Crippen molar-refractivity contribution in [3.05, 3.63) is 11.6 Å². The molecule has 0 aromatic carbocycles. The summed E-state index contributed by atoms with van der Waals surface area (Å²) in [6.45, 7) is 13.2. The molecule has 5 heteroatoms. The van der Waals surface area contributed by atoms with Gasteiger partial charge in [-0.2, -0.15) is 0 Å². The Labute approximate surface area is 199 Å². The molecular weight excluding hydrogens is 416 g/mol. The molecule has 10 atom stereocenters. The number of aliphatic hydroxyl groups is 2. The molecule has 1 saturated heterocycles. The van der Waals surface area contributed by atoms with Crippen molar-refractivity contribution in [3.8, 4) is 0 Å². The van der Waals surface area contributed by atoms with Gasteiger partial charge in [0, 0.05) is 30.3 Å². The lowest BCUT2D eigenvalue weighted by Crippen LogP contribution is -2.68. The van der Waals surface area contributed by atoms with E-state index < -0.39 is 11.7 Å². The van der Waals surface area contributed by atoms with E-state index in [2.05, 4.69) is 33.8 Å².